The Morgan fingerprint density at radius 3 is 2.69 bits per heavy atom. The third-order valence-electron chi connectivity index (χ3n) is 2.04. The first kappa shape index (κ1) is 12.0. The molecule has 0 heterocycles. The Kier molecular flexibility index (Phi) is 3.83. The lowest BCUT2D eigenvalue weighted by Crippen LogP contribution is -2.12. The zero-order valence-electron chi connectivity index (χ0n) is 8.99. The number of anilines is 1. The number of carbonyl (C=O) groups is 2. The summed E-state index contributed by atoms with van der Waals surface area (Å²) in [6.07, 6.45) is 2.08. The van der Waals surface area contributed by atoms with E-state index in [9.17, 15) is 9.59 Å². The Morgan fingerprint density at radius 2 is 2.19 bits per heavy atom. The van der Waals surface area contributed by atoms with Crippen molar-refractivity contribution in [3.8, 4) is 0 Å². The molecule has 1 aromatic carbocycles. The standard InChI is InChI=1S/C12H13NO3/c1-3-5-9-6-4-7-10(13-8(2)14)11(9)12(15)16/h3-4,6-7H,1,5H2,2H3,(H,13,14)(H,15,16). The minimum Gasteiger partial charge on any atom is -0.478 e. The molecule has 0 bridgehead atoms. The predicted molar refractivity (Wildman–Crippen MR) is 61.6 cm³/mol. The number of carboxylic acid groups (broad SMARTS) is 1. The topological polar surface area (TPSA) is 66.4 Å². The van der Waals surface area contributed by atoms with Crippen LogP contribution in [0.15, 0.2) is 30.9 Å². The first-order valence-corrected chi connectivity index (χ1v) is 4.80. The van der Waals surface area contributed by atoms with Crippen LogP contribution in [0.1, 0.15) is 22.8 Å². The van der Waals surface area contributed by atoms with Gasteiger partial charge in [0.2, 0.25) is 5.91 Å². The summed E-state index contributed by atoms with van der Waals surface area (Å²) < 4.78 is 0. The molecule has 2 N–H and O–H groups in total. The molecule has 0 aliphatic rings. The highest BCUT2D eigenvalue weighted by Crippen LogP contribution is 2.21. The molecule has 1 rings (SSSR count). The van der Waals surface area contributed by atoms with Crippen LogP contribution >= 0.6 is 0 Å². The fraction of sp³-hybridized carbons (Fsp3) is 0.167. The minimum absolute atomic E-state index is 0.123. The molecule has 16 heavy (non-hydrogen) atoms. The zero-order chi connectivity index (χ0) is 12.1. The van der Waals surface area contributed by atoms with Crippen LogP contribution in [-0.4, -0.2) is 17.0 Å². The van der Waals surface area contributed by atoms with Gasteiger partial charge >= 0.3 is 5.97 Å². The highest BCUT2D eigenvalue weighted by atomic mass is 16.4. The molecule has 0 saturated heterocycles. The van der Waals surface area contributed by atoms with Gasteiger partial charge in [0.1, 0.15) is 0 Å². The highest BCUT2D eigenvalue weighted by molar-refractivity contribution is 6.01. The molecule has 0 radical (unpaired) electrons. The third-order valence-corrected chi connectivity index (χ3v) is 2.04. The first-order chi connectivity index (χ1) is 7.56. The predicted octanol–water partition coefficient (Wildman–Crippen LogP) is 2.07. The van der Waals surface area contributed by atoms with E-state index in [0.717, 1.165) is 0 Å². The van der Waals surface area contributed by atoms with E-state index in [2.05, 4.69) is 11.9 Å². The molecular formula is C12H13NO3. The van der Waals surface area contributed by atoms with Crippen molar-refractivity contribution in [3.05, 3.63) is 42.0 Å². The Balaban J connectivity index is 3.25. The summed E-state index contributed by atoms with van der Waals surface area (Å²) in [5.41, 5.74) is 1.07. The largest absolute Gasteiger partial charge is 0.478 e. The smallest absolute Gasteiger partial charge is 0.338 e. The van der Waals surface area contributed by atoms with E-state index in [0.29, 0.717) is 17.7 Å². The van der Waals surface area contributed by atoms with Gasteiger partial charge < -0.3 is 10.4 Å². The molecule has 0 saturated carbocycles. The lowest BCUT2D eigenvalue weighted by molar-refractivity contribution is -0.114. The Bertz CT molecular complexity index is 438. The molecule has 0 atom stereocenters. The average molecular weight is 219 g/mol. The van der Waals surface area contributed by atoms with Crippen LogP contribution in [0.2, 0.25) is 0 Å². The molecule has 4 nitrogen and oxygen atoms in total. The lowest BCUT2D eigenvalue weighted by atomic mass is 10.0. The van der Waals surface area contributed by atoms with Crippen molar-refractivity contribution in [1.82, 2.24) is 0 Å². The van der Waals surface area contributed by atoms with Crippen molar-refractivity contribution in [1.29, 1.82) is 0 Å². The fourth-order valence-electron chi connectivity index (χ4n) is 1.47. The van der Waals surface area contributed by atoms with E-state index in [1.807, 2.05) is 0 Å². The number of carboxylic acids is 1. The summed E-state index contributed by atoms with van der Waals surface area (Å²) in [6, 6.07) is 4.98. The van der Waals surface area contributed by atoms with Gasteiger partial charge in [-0.05, 0) is 18.1 Å². The van der Waals surface area contributed by atoms with Crippen LogP contribution in [-0.2, 0) is 11.2 Å². The quantitative estimate of drug-likeness (QED) is 0.762. The molecule has 1 amide bonds. The highest BCUT2D eigenvalue weighted by Gasteiger charge is 2.14. The van der Waals surface area contributed by atoms with Gasteiger partial charge in [0.25, 0.3) is 0 Å². The molecule has 0 aromatic heterocycles. The maximum atomic E-state index is 11.1. The monoisotopic (exact) mass is 219 g/mol. The number of benzene rings is 1. The SMILES string of the molecule is C=CCc1cccc(NC(C)=O)c1C(=O)O. The van der Waals surface area contributed by atoms with Crippen LogP contribution < -0.4 is 5.32 Å². The minimum atomic E-state index is -1.05. The summed E-state index contributed by atoms with van der Waals surface area (Å²) in [4.78, 5) is 22.0. The molecule has 0 aliphatic carbocycles. The summed E-state index contributed by atoms with van der Waals surface area (Å²) >= 11 is 0. The van der Waals surface area contributed by atoms with Gasteiger partial charge in [-0.3, -0.25) is 4.79 Å². The number of carbonyl (C=O) groups excluding carboxylic acids is 1. The van der Waals surface area contributed by atoms with E-state index < -0.39 is 5.97 Å². The normalized spacial score (nSPS) is 9.56. The lowest BCUT2D eigenvalue weighted by Gasteiger charge is -2.10. The van der Waals surface area contributed by atoms with Crippen molar-refractivity contribution in [2.45, 2.75) is 13.3 Å². The fourth-order valence-corrected chi connectivity index (χ4v) is 1.47. The van der Waals surface area contributed by atoms with E-state index in [1.165, 1.54) is 6.92 Å². The number of rotatable bonds is 4. The van der Waals surface area contributed by atoms with E-state index >= 15 is 0 Å². The number of hydrogen-bond acceptors (Lipinski definition) is 2. The summed E-state index contributed by atoms with van der Waals surface area (Å²) in [5.74, 6) is -1.35. The second-order valence-corrected chi connectivity index (χ2v) is 3.32. The zero-order valence-corrected chi connectivity index (χ0v) is 8.99. The van der Waals surface area contributed by atoms with Crippen LogP contribution in [0.4, 0.5) is 5.69 Å². The van der Waals surface area contributed by atoms with Crippen molar-refractivity contribution in [3.63, 3.8) is 0 Å². The average Bonchev–Trinajstić information content (AvgIpc) is 2.16. The number of hydrogen-bond donors (Lipinski definition) is 2. The van der Waals surface area contributed by atoms with Crippen molar-refractivity contribution in [2.24, 2.45) is 0 Å². The van der Waals surface area contributed by atoms with Crippen molar-refractivity contribution < 1.29 is 14.7 Å². The molecule has 1 aromatic rings. The second kappa shape index (κ2) is 5.11. The molecule has 0 fully saturated rings. The summed E-state index contributed by atoms with van der Waals surface area (Å²) in [6.45, 7) is 4.91. The third kappa shape index (κ3) is 2.70. The Morgan fingerprint density at radius 1 is 1.50 bits per heavy atom. The van der Waals surface area contributed by atoms with Gasteiger partial charge in [0.05, 0.1) is 11.3 Å². The van der Waals surface area contributed by atoms with Gasteiger partial charge in [-0.15, -0.1) is 6.58 Å². The number of nitrogens with one attached hydrogen (secondary N) is 1. The summed E-state index contributed by atoms with van der Waals surface area (Å²) in [7, 11) is 0. The van der Waals surface area contributed by atoms with E-state index in [1.54, 1.807) is 24.3 Å². The number of amides is 1. The summed E-state index contributed by atoms with van der Waals surface area (Å²) in [5, 5.41) is 11.6. The second-order valence-electron chi connectivity index (χ2n) is 3.32. The molecule has 4 heteroatoms. The Labute approximate surface area is 93.6 Å². The molecule has 0 aliphatic heterocycles. The van der Waals surface area contributed by atoms with Crippen LogP contribution in [0.3, 0.4) is 0 Å². The first-order valence-electron chi connectivity index (χ1n) is 4.80. The van der Waals surface area contributed by atoms with E-state index in [-0.39, 0.29) is 11.5 Å². The number of aromatic carboxylic acids is 1. The molecule has 84 valence electrons. The van der Waals surface area contributed by atoms with Gasteiger partial charge in [-0.25, -0.2) is 4.79 Å². The van der Waals surface area contributed by atoms with E-state index in [4.69, 9.17) is 5.11 Å². The van der Waals surface area contributed by atoms with Gasteiger partial charge in [-0.1, -0.05) is 18.2 Å². The van der Waals surface area contributed by atoms with Crippen molar-refractivity contribution >= 4 is 17.6 Å². The van der Waals surface area contributed by atoms with Crippen molar-refractivity contribution in [2.75, 3.05) is 5.32 Å². The number of allylic oxidation sites excluding steroid dienone is 1. The van der Waals surface area contributed by atoms with Crippen LogP contribution in [0, 0.1) is 0 Å². The molecule has 0 spiro atoms. The maximum absolute atomic E-state index is 11.1. The van der Waals surface area contributed by atoms with Gasteiger partial charge in [0, 0.05) is 6.92 Å². The van der Waals surface area contributed by atoms with Gasteiger partial charge in [0.15, 0.2) is 0 Å². The maximum Gasteiger partial charge on any atom is 0.338 e. The van der Waals surface area contributed by atoms with Crippen LogP contribution in [0.25, 0.3) is 0 Å². The van der Waals surface area contributed by atoms with Gasteiger partial charge in [-0.2, -0.15) is 0 Å². The molecule has 0 unspecified atom stereocenters. The Hall–Kier alpha value is -2.10. The van der Waals surface area contributed by atoms with Crippen LogP contribution in [0.5, 0.6) is 0 Å². The molecular weight excluding hydrogens is 206 g/mol.